The van der Waals surface area contributed by atoms with Crippen LogP contribution >= 0.6 is 11.6 Å². The van der Waals surface area contributed by atoms with Gasteiger partial charge < -0.3 is 5.32 Å². The fraction of sp³-hybridized carbons (Fsp3) is 0.250. The summed E-state index contributed by atoms with van der Waals surface area (Å²) in [5.74, 6) is 0. The van der Waals surface area contributed by atoms with Crippen molar-refractivity contribution in [2.75, 3.05) is 5.32 Å². The molecule has 0 spiro atoms. The molecule has 0 radical (unpaired) electrons. The van der Waals surface area contributed by atoms with Gasteiger partial charge in [-0.05, 0) is 51.1 Å². The van der Waals surface area contributed by atoms with Crippen molar-refractivity contribution >= 4 is 28.1 Å². The molecule has 0 amide bonds. The van der Waals surface area contributed by atoms with Gasteiger partial charge in [0, 0.05) is 16.1 Å². The van der Waals surface area contributed by atoms with Crippen LogP contribution in [0.25, 0.3) is 0 Å². The molecule has 20 heavy (non-hydrogen) atoms. The molecule has 2 rings (SSSR count). The van der Waals surface area contributed by atoms with Gasteiger partial charge in [0.1, 0.15) is 0 Å². The zero-order valence-corrected chi connectivity index (χ0v) is 13.4. The summed E-state index contributed by atoms with van der Waals surface area (Å²) in [6.45, 7) is 6.24. The third-order valence-electron chi connectivity index (χ3n) is 2.61. The van der Waals surface area contributed by atoms with Crippen LogP contribution in [0.4, 0.5) is 5.69 Å². The molecule has 0 aliphatic heterocycles. The van der Waals surface area contributed by atoms with Crippen LogP contribution in [0.5, 0.6) is 0 Å². The van der Waals surface area contributed by atoms with E-state index in [0.29, 0.717) is 9.92 Å². The monoisotopic (exact) mass is 307 g/mol. The average molecular weight is 308 g/mol. The molecule has 0 aliphatic carbocycles. The van der Waals surface area contributed by atoms with Crippen molar-refractivity contribution in [1.29, 1.82) is 0 Å². The van der Waals surface area contributed by atoms with Crippen LogP contribution < -0.4 is 5.32 Å². The van der Waals surface area contributed by atoms with E-state index in [1.165, 1.54) is 0 Å². The summed E-state index contributed by atoms with van der Waals surface area (Å²) in [6, 6.07) is 14.9. The third kappa shape index (κ3) is 3.84. The first-order chi connectivity index (χ1) is 9.37. The SMILES string of the molecule is CC(C)(C)Nc1ccc(S(=O)c2ccccc2)c(Cl)c1. The Morgan fingerprint density at radius 3 is 2.25 bits per heavy atom. The lowest BCUT2D eigenvalue weighted by Gasteiger charge is -2.22. The van der Waals surface area contributed by atoms with Crippen molar-refractivity contribution in [3.63, 3.8) is 0 Å². The lowest BCUT2D eigenvalue weighted by Crippen LogP contribution is -2.25. The lowest BCUT2D eigenvalue weighted by molar-refractivity contribution is 0.634. The topological polar surface area (TPSA) is 29.1 Å². The molecule has 2 aromatic rings. The van der Waals surface area contributed by atoms with Crippen LogP contribution in [-0.4, -0.2) is 9.75 Å². The zero-order chi connectivity index (χ0) is 14.8. The van der Waals surface area contributed by atoms with E-state index >= 15 is 0 Å². The Morgan fingerprint density at radius 1 is 1.05 bits per heavy atom. The van der Waals surface area contributed by atoms with Gasteiger partial charge in [0.2, 0.25) is 0 Å². The molecule has 0 aromatic heterocycles. The molecule has 4 heteroatoms. The summed E-state index contributed by atoms with van der Waals surface area (Å²) in [7, 11) is -1.25. The molecular formula is C16H18ClNOS. The van der Waals surface area contributed by atoms with Gasteiger partial charge in [-0.3, -0.25) is 0 Å². The zero-order valence-electron chi connectivity index (χ0n) is 11.8. The molecule has 0 saturated carbocycles. The number of benzene rings is 2. The molecule has 106 valence electrons. The second kappa shape index (κ2) is 5.98. The van der Waals surface area contributed by atoms with Crippen LogP contribution in [0.3, 0.4) is 0 Å². The minimum atomic E-state index is -1.25. The first-order valence-electron chi connectivity index (χ1n) is 6.41. The van der Waals surface area contributed by atoms with E-state index in [0.717, 1.165) is 10.6 Å². The third-order valence-corrected chi connectivity index (χ3v) is 4.49. The van der Waals surface area contributed by atoms with Crippen LogP contribution in [0.15, 0.2) is 58.3 Å². The molecule has 1 unspecified atom stereocenters. The van der Waals surface area contributed by atoms with Crippen molar-refractivity contribution in [2.45, 2.75) is 36.1 Å². The lowest BCUT2D eigenvalue weighted by atomic mass is 10.1. The van der Waals surface area contributed by atoms with Gasteiger partial charge in [0.15, 0.2) is 0 Å². The maximum absolute atomic E-state index is 12.5. The van der Waals surface area contributed by atoms with Crippen LogP contribution in [0.2, 0.25) is 5.02 Å². The molecule has 0 fully saturated rings. The number of nitrogens with one attached hydrogen (secondary N) is 1. The molecular weight excluding hydrogens is 290 g/mol. The maximum Gasteiger partial charge on any atom is 0.0864 e. The summed E-state index contributed by atoms with van der Waals surface area (Å²) >= 11 is 6.27. The Morgan fingerprint density at radius 2 is 1.70 bits per heavy atom. The Balaban J connectivity index is 2.29. The first kappa shape index (κ1) is 15.1. The average Bonchev–Trinajstić information content (AvgIpc) is 2.37. The van der Waals surface area contributed by atoms with Gasteiger partial charge >= 0.3 is 0 Å². The van der Waals surface area contributed by atoms with E-state index in [1.54, 1.807) is 0 Å². The van der Waals surface area contributed by atoms with Gasteiger partial charge in [-0.15, -0.1) is 0 Å². The van der Waals surface area contributed by atoms with Crippen molar-refractivity contribution in [3.8, 4) is 0 Å². The maximum atomic E-state index is 12.5. The van der Waals surface area contributed by atoms with E-state index in [2.05, 4.69) is 26.1 Å². The van der Waals surface area contributed by atoms with Crippen molar-refractivity contribution in [2.24, 2.45) is 0 Å². The number of anilines is 1. The summed E-state index contributed by atoms with van der Waals surface area (Å²) < 4.78 is 12.5. The normalized spacial score (nSPS) is 13.0. The number of hydrogen-bond donors (Lipinski definition) is 1. The molecule has 2 nitrogen and oxygen atoms in total. The summed E-state index contributed by atoms with van der Waals surface area (Å²) in [6.07, 6.45) is 0. The fourth-order valence-electron chi connectivity index (χ4n) is 1.83. The molecule has 1 atom stereocenters. The highest BCUT2D eigenvalue weighted by molar-refractivity contribution is 7.85. The highest BCUT2D eigenvalue weighted by atomic mass is 35.5. The Kier molecular flexibility index (Phi) is 4.51. The van der Waals surface area contributed by atoms with E-state index in [-0.39, 0.29) is 5.54 Å². The fourth-order valence-corrected chi connectivity index (χ4v) is 3.31. The Bertz CT molecular complexity index is 620. The van der Waals surface area contributed by atoms with Crippen molar-refractivity contribution in [1.82, 2.24) is 0 Å². The number of rotatable bonds is 3. The van der Waals surface area contributed by atoms with Crippen LogP contribution in [0, 0.1) is 0 Å². The number of halogens is 1. The quantitative estimate of drug-likeness (QED) is 0.889. The van der Waals surface area contributed by atoms with Crippen LogP contribution in [-0.2, 0) is 10.8 Å². The second-order valence-electron chi connectivity index (χ2n) is 5.60. The smallest absolute Gasteiger partial charge is 0.0864 e. The van der Waals surface area contributed by atoms with E-state index in [1.807, 2.05) is 48.5 Å². The predicted molar refractivity (Wildman–Crippen MR) is 85.9 cm³/mol. The van der Waals surface area contributed by atoms with E-state index < -0.39 is 10.8 Å². The van der Waals surface area contributed by atoms with Gasteiger partial charge in [0.05, 0.1) is 20.7 Å². The molecule has 1 N–H and O–H groups in total. The van der Waals surface area contributed by atoms with Crippen molar-refractivity contribution < 1.29 is 4.21 Å². The molecule has 2 aromatic carbocycles. The number of hydrogen-bond acceptors (Lipinski definition) is 2. The van der Waals surface area contributed by atoms with Crippen LogP contribution in [0.1, 0.15) is 20.8 Å². The molecule has 0 bridgehead atoms. The largest absolute Gasteiger partial charge is 0.380 e. The minimum Gasteiger partial charge on any atom is -0.380 e. The Labute approximate surface area is 127 Å². The van der Waals surface area contributed by atoms with E-state index in [9.17, 15) is 4.21 Å². The van der Waals surface area contributed by atoms with Gasteiger partial charge in [-0.25, -0.2) is 4.21 Å². The second-order valence-corrected chi connectivity index (χ2v) is 7.46. The summed E-state index contributed by atoms with van der Waals surface area (Å²) in [4.78, 5) is 1.39. The van der Waals surface area contributed by atoms with Gasteiger partial charge in [0.25, 0.3) is 0 Å². The van der Waals surface area contributed by atoms with Gasteiger partial charge in [-0.1, -0.05) is 29.8 Å². The summed E-state index contributed by atoms with van der Waals surface area (Å²) in [5, 5.41) is 3.86. The van der Waals surface area contributed by atoms with Crippen molar-refractivity contribution in [3.05, 3.63) is 53.6 Å². The standard InChI is InChI=1S/C16H18ClNOS/c1-16(2,3)18-12-9-10-15(14(17)11-12)20(19)13-7-5-4-6-8-13/h4-11,18H,1-3H3. The van der Waals surface area contributed by atoms with Gasteiger partial charge in [-0.2, -0.15) is 0 Å². The minimum absolute atomic E-state index is 0.0383. The molecule has 0 saturated heterocycles. The van der Waals surface area contributed by atoms with E-state index in [4.69, 9.17) is 11.6 Å². The molecule has 0 aliphatic rings. The first-order valence-corrected chi connectivity index (χ1v) is 7.94. The highest BCUT2D eigenvalue weighted by Crippen LogP contribution is 2.28. The highest BCUT2D eigenvalue weighted by Gasteiger charge is 2.14. The molecule has 0 heterocycles. The summed E-state index contributed by atoms with van der Waals surface area (Å²) in [5.41, 5.74) is 0.889. The predicted octanol–water partition coefficient (Wildman–Crippen LogP) is 4.72. The Hall–Kier alpha value is -1.32.